The number of nitrogens with zero attached hydrogens (tertiary/aromatic N) is 2. The molecule has 0 spiro atoms. The molecule has 0 radical (unpaired) electrons. The van der Waals surface area contributed by atoms with Crippen molar-refractivity contribution in [3.8, 4) is 11.3 Å². The summed E-state index contributed by atoms with van der Waals surface area (Å²) in [6.07, 6.45) is 1.06. The lowest BCUT2D eigenvalue weighted by molar-refractivity contribution is 0.459. The fourth-order valence-corrected chi connectivity index (χ4v) is 1.68. The van der Waals surface area contributed by atoms with Gasteiger partial charge < -0.3 is 4.55 Å². The molecule has 0 aliphatic carbocycles. The van der Waals surface area contributed by atoms with Crippen molar-refractivity contribution in [1.82, 2.24) is 9.97 Å². The van der Waals surface area contributed by atoms with E-state index in [2.05, 4.69) is 9.97 Å². The molecule has 0 N–H and O–H groups in total. The van der Waals surface area contributed by atoms with Gasteiger partial charge in [0.05, 0.1) is 5.69 Å². The predicted molar refractivity (Wildman–Crippen MR) is 55.4 cm³/mol. The van der Waals surface area contributed by atoms with Crippen LogP contribution in [0.4, 0.5) is 0 Å². The van der Waals surface area contributed by atoms with Crippen LogP contribution in [0.25, 0.3) is 11.3 Å². The van der Waals surface area contributed by atoms with Gasteiger partial charge in [-0.25, -0.2) is 18.4 Å². The zero-order valence-corrected chi connectivity index (χ0v) is 8.89. The second-order valence-corrected chi connectivity index (χ2v) is 4.39. The average molecular weight is 235 g/mol. The molecule has 16 heavy (non-hydrogen) atoms. The summed E-state index contributed by atoms with van der Waals surface area (Å²) in [5.74, 6) is 0. The van der Waals surface area contributed by atoms with Gasteiger partial charge in [0.15, 0.2) is 0 Å². The number of hydrogen-bond acceptors (Lipinski definition) is 5. The van der Waals surface area contributed by atoms with Gasteiger partial charge in [-0.15, -0.1) is 0 Å². The Morgan fingerprint density at radius 3 is 2.38 bits per heavy atom. The Kier molecular flexibility index (Phi) is 2.67. The molecule has 82 valence electrons. The first-order chi connectivity index (χ1) is 7.57. The van der Waals surface area contributed by atoms with Crippen molar-refractivity contribution in [3.05, 3.63) is 42.7 Å². The lowest BCUT2D eigenvalue weighted by Gasteiger charge is -2.06. The molecule has 0 unspecified atom stereocenters. The van der Waals surface area contributed by atoms with Gasteiger partial charge in [0.25, 0.3) is 0 Å². The van der Waals surface area contributed by atoms with Crippen molar-refractivity contribution >= 4 is 10.1 Å². The number of hydrogen-bond donors (Lipinski definition) is 0. The Hall–Kier alpha value is -1.79. The largest absolute Gasteiger partial charge is 0.743 e. The highest BCUT2D eigenvalue weighted by atomic mass is 32.2. The third-order valence-corrected chi connectivity index (χ3v) is 2.70. The van der Waals surface area contributed by atoms with Gasteiger partial charge in [0.2, 0.25) is 0 Å². The molecule has 1 aromatic carbocycles. The van der Waals surface area contributed by atoms with Crippen LogP contribution in [0.5, 0.6) is 0 Å². The molecule has 0 aliphatic heterocycles. The molecule has 0 fully saturated rings. The van der Waals surface area contributed by atoms with Crippen LogP contribution in [-0.4, -0.2) is 22.9 Å². The van der Waals surface area contributed by atoms with Crippen LogP contribution in [0.1, 0.15) is 0 Å². The standard InChI is InChI=1S/C10H8N2O3S/c13-16(14,15)10-6-9(11-7-12-10)8-4-2-1-3-5-8/h1-7H,(H,13,14,15)/p-1. The molecule has 1 heterocycles. The van der Waals surface area contributed by atoms with E-state index in [9.17, 15) is 13.0 Å². The highest BCUT2D eigenvalue weighted by Gasteiger charge is 2.06. The summed E-state index contributed by atoms with van der Waals surface area (Å²) in [6, 6.07) is 10.1. The number of aromatic nitrogens is 2. The lowest BCUT2D eigenvalue weighted by Crippen LogP contribution is -2.02. The number of rotatable bonds is 2. The second kappa shape index (κ2) is 3.99. The van der Waals surface area contributed by atoms with E-state index in [4.69, 9.17) is 0 Å². The van der Waals surface area contributed by atoms with Crippen molar-refractivity contribution in [1.29, 1.82) is 0 Å². The fourth-order valence-electron chi connectivity index (χ4n) is 1.24. The van der Waals surface area contributed by atoms with Crippen molar-refractivity contribution in [3.63, 3.8) is 0 Å². The third-order valence-electron chi connectivity index (χ3n) is 1.97. The normalized spacial score (nSPS) is 11.3. The van der Waals surface area contributed by atoms with E-state index in [-0.39, 0.29) is 0 Å². The lowest BCUT2D eigenvalue weighted by atomic mass is 10.1. The molecule has 2 aromatic rings. The van der Waals surface area contributed by atoms with E-state index in [0.717, 1.165) is 18.0 Å². The summed E-state index contributed by atoms with van der Waals surface area (Å²) in [4.78, 5) is 7.33. The van der Waals surface area contributed by atoms with Gasteiger partial charge in [-0.3, -0.25) is 0 Å². The van der Waals surface area contributed by atoms with E-state index < -0.39 is 15.1 Å². The topological polar surface area (TPSA) is 83.0 Å². The van der Waals surface area contributed by atoms with E-state index >= 15 is 0 Å². The van der Waals surface area contributed by atoms with E-state index in [0.29, 0.717) is 5.69 Å². The zero-order chi connectivity index (χ0) is 11.6. The molecule has 0 bridgehead atoms. The van der Waals surface area contributed by atoms with Crippen LogP contribution in [0.3, 0.4) is 0 Å². The van der Waals surface area contributed by atoms with Crippen molar-refractivity contribution < 1.29 is 13.0 Å². The fraction of sp³-hybridized carbons (Fsp3) is 0. The minimum absolute atomic E-state index is 0.407. The summed E-state index contributed by atoms with van der Waals surface area (Å²) in [5, 5.41) is -0.513. The zero-order valence-electron chi connectivity index (χ0n) is 8.07. The maximum absolute atomic E-state index is 10.8. The summed E-state index contributed by atoms with van der Waals surface area (Å²) >= 11 is 0. The summed E-state index contributed by atoms with van der Waals surface area (Å²) in [7, 11) is -4.53. The Morgan fingerprint density at radius 1 is 1.06 bits per heavy atom. The predicted octanol–water partition coefficient (Wildman–Crippen LogP) is 1.05. The first kappa shape index (κ1) is 10.7. The smallest absolute Gasteiger partial charge is 0.146 e. The van der Waals surface area contributed by atoms with Crippen LogP contribution in [0, 0.1) is 0 Å². The van der Waals surface area contributed by atoms with Crippen molar-refractivity contribution in [2.75, 3.05) is 0 Å². The number of benzene rings is 1. The quantitative estimate of drug-likeness (QED) is 0.573. The van der Waals surface area contributed by atoms with Crippen LogP contribution in [-0.2, 0) is 10.1 Å². The maximum Gasteiger partial charge on any atom is 0.146 e. The molecule has 0 aliphatic rings. The van der Waals surface area contributed by atoms with Gasteiger partial charge in [0.1, 0.15) is 21.5 Å². The first-order valence-corrected chi connectivity index (χ1v) is 5.81. The average Bonchev–Trinajstić information content (AvgIpc) is 2.29. The second-order valence-electron chi connectivity index (χ2n) is 3.06. The SMILES string of the molecule is O=S(=O)([O-])c1cc(-c2ccccc2)ncn1. The van der Waals surface area contributed by atoms with E-state index in [1.165, 1.54) is 0 Å². The van der Waals surface area contributed by atoms with E-state index in [1.807, 2.05) is 6.07 Å². The van der Waals surface area contributed by atoms with Crippen LogP contribution in [0.2, 0.25) is 0 Å². The van der Waals surface area contributed by atoms with Crippen LogP contribution >= 0.6 is 0 Å². The molecule has 0 atom stereocenters. The maximum atomic E-state index is 10.8. The van der Waals surface area contributed by atoms with Gasteiger partial charge >= 0.3 is 0 Å². The molecular formula is C10H7N2O3S-. The first-order valence-electron chi connectivity index (χ1n) is 4.41. The summed E-state index contributed by atoms with van der Waals surface area (Å²) in [6.45, 7) is 0. The van der Waals surface area contributed by atoms with Gasteiger partial charge in [-0.05, 0) is 0 Å². The Bertz CT molecular complexity index is 596. The van der Waals surface area contributed by atoms with Crippen LogP contribution < -0.4 is 0 Å². The molecule has 2 rings (SSSR count). The highest BCUT2D eigenvalue weighted by molar-refractivity contribution is 7.85. The highest BCUT2D eigenvalue weighted by Crippen LogP contribution is 2.17. The van der Waals surface area contributed by atoms with E-state index in [1.54, 1.807) is 24.3 Å². The third kappa shape index (κ3) is 2.23. The molecule has 0 saturated carbocycles. The Labute approximate surface area is 92.6 Å². The molecule has 1 aromatic heterocycles. The van der Waals surface area contributed by atoms with Crippen LogP contribution in [0.15, 0.2) is 47.8 Å². The van der Waals surface area contributed by atoms with Gasteiger partial charge in [0, 0.05) is 11.6 Å². The summed E-state index contributed by atoms with van der Waals surface area (Å²) in [5.41, 5.74) is 1.14. The monoisotopic (exact) mass is 235 g/mol. The molecule has 5 nitrogen and oxygen atoms in total. The molecule has 6 heteroatoms. The Balaban J connectivity index is 2.53. The Morgan fingerprint density at radius 2 is 1.75 bits per heavy atom. The van der Waals surface area contributed by atoms with Gasteiger partial charge in [-0.2, -0.15) is 0 Å². The molecular weight excluding hydrogens is 228 g/mol. The minimum atomic E-state index is -4.53. The van der Waals surface area contributed by atoms with Crippen molar-refractivity contribution in [2.45, 2.75) is 5.03 Å². The summed E-state index contributed by atoms with van der Waals surface area (Å²) < 4.78 is 32.3. The van der Waals surface area contributed by atoms with Crippen molar-refractivity contribution in [2.24, 2.45) is 0 Å². The molecule has 0 saturated heterocycles. The molecule has 0 amide bonds. The van der Waals surface area contributed by atoms with Gasteiger partial charge in [-0.1, -0.05) is 30.3 Å². The minimum Gasteiger partial charge on any atom is -0.743 e.